The number of anilines is 1. The number of carbonyl (C=O) groups is 1. The highest BCUT2D eigenvalue weighted by atomic mass is 16.3. The zero-order valence-electron chi connectivity index (χ0n) is 10.9. The van der Waals surface area contributed by atoms with Crippen LogP contribution in [0.1, 0.15) is 28.9 Å². The molecule has 5 heteroatoms. The van der Waals surface area contributed by atoms with Crippen LogP contribution in [-0.2, 0) is 0 Å². The molecule has 0 saturated carbocycles. The maximum atomic E-state index is 12.0. The molecule has 104 valence electrons. The lowest BCUT2D eigenvalue weighted by Crippen LogP contribution is -2.12. The van der Waals surface area contributed by atoms with Crippen molar-refractivity contribution in [3.8, 4) is 11.5 Å². The molecule has 1 unspecified atom stereocenters. The fourth-order valence-corrected chi connectivity index (χ4v) is 1.76. The Balaban J connectivity index is 2.17. The van der Waals surface area contributed by atoms with E-state index in [9.17, 15) is 20.1 Å². The molecule has 0 aliphatic heterocycles. The van der Waals surface area contributed by atoms with Crippen LogP contribution in [0.5, 0.6) is 11.5 Å². The average molecular weight is 273 g/mol. The highest BCUT2D eigenvalue weighted by Crippen LogP contribution is 2.28. The van der Waals surface area contributed by atoms with Gasteiger partial charge in [0.1, 0.15) is 0 Å². The third-order valence-corrected chi connectivity index (χ3v) is 2.91. The smallest absolute Gasteiger partial charge is 0.259 e. The number of hydrogen-bond acceptors (Lipinski definition) is 4. The van der Waals surface area contributed by atoms with Crippen molar-refractivity contribution in [2.75, 3.05) is 5.32 Å². The van der Waals surface area contributed by atoms with Gasteiger partial charge in [-0.15, -0.1) is 0 Å². The Morgan fingerprint density at radius 1 is 1.10 bits per heavy atom. The number of carbonyl (C=O) groups excluding carboxylic acids is 1. The number of benzene rings is 2. The van der Waals surface area contributed by atoms with E-state index >= 15 is 0 Å². The summed E-state index contributed by atoms with van der Waals surface area (Å²) in [7, 11) is 0. The second kappa shape index (κ2) is 5.63. The fraction of sp³-hybridized carbons (Fsp3) is 0.133. The van der Waals surface area contributed by atoms with Gasteiger partial charge in [-0.2, -0.15) is 0 Å². The summed E-state index contributed by atoms with van der Waals surface area (Å²) < 4.78 is 0. The van der Waals surface area contributed by atoms with Crippen molar-refractivity contribution in [1.29, 1.82) is 0 Å². The number of aromatic hydroxyl groups is 2. The number of aliphatic hydroxyl groups excluding tert-OH is 1. The number of para-hydroxylation sites is 1. The summed E-state index contributed by atoms with van der Waals surface area (Å²) in [6, 6.07) is 10.9. The van der Waals surface area contributed by atoms with Gasteiger partial charge in [-0.05, 0) is 36.8 Å². The lowest BCUT2D eigenvalue weighted by atomic mass is 10.1. The highest BCUT2D eigenvalue weighted by molar-refractivity contribution is 6.06. The van der Waals surface area contributed by atoms with Gasteiger partial charge in [0, 0.05) is 5.69 Å². The number of phenolic OH excluding ortho intramolecular Hbond substituents is 2. The molecule has 0 radical (unpaired) electrons. The van der Waals surface area contributed by atoms with Gasteiger partial charge in [-0.1, -0.05) is 18.2 Å². The molecule has 0 heterocycles. The zero-order valence-corrected chi connectivity index (χ0v) is 10.9. The molecular formula is C15H15NO4. The molecule has 4 N–H and O–H groups in total. The predicted molar refractivity (Wildman–Crippen MR) is 74.8 cm³/mol. The molecule has 0 aromatic heterocycles. The first kappa shape index (κ1) is 13.9. The van der Waals surface area contributed by atoms with Crippen LogP contribution in [0, 0.1) is 0 Å². The minimum absolute atomic E-state index is 0.00963. The van der Waals surface area contributed by atoms with Gasteiger partial charge in [-0.25, -0.2) is 0 Å². The van der Waals surface area contributed by atoms with Crippen molar-refractivity contribution in [2.45, 2.75) is 13.0 Å². The van der Waals surface area contributed by atoms with Crippen LogP contribution >= 0.6 is 0 Å². The molecule has 0 spiro atoms. The maximum Gasteiger partial charge on any atom is 0.259 e. The predicted octanol–water partition coefficient (Wildman–Crippen LogP) is 2.40. The number of phenols is 2. The van der Waals surface area contributed by atoms with Crippen molar-refractivity contribution in [3.05, 3.63) is 53.6 Å². The van der Waals surface area contributed by atoms with Crippen LogP contribution in [0.2, 0.25) is 0 Å². The van der Waals surface area contributed by atoms with E-state index < -0.39 is 17.8 Å². The molecule has 2 aromatic rings. The van der Waals surface area contributed by atoms with Crippen LogP contribution in [0.3, 0.4) is 0 Å². The van der Waals surface area contributed by atoms with E-state index in [2.05, 4.69) is 5.32 Å². The minimum Gasteiger partial charge on any atom is -0.504 e. The van der Waals surface area contributed by atoms with Crippen LogP contribution < -0.4 is 5.32 Å². The second-order valence-electron chi connectivity index (χ2n) is 4.43. The van der Waals surface area contributed by atoms with Gasteiger partial charge < -0.3 is 20.6 Å². The number of aliphatic hydroxyl groups is 1. The summed E-state index contributed by atoms with van der Waals surface area (Å²) in [5.41, 5.74) is 1.26. The van der Waals surface area contributed by atoms with Crippen molar-refractivity contribution in [3.63, 3.8) is 0 Å². The summed E-state index contributed by atoms with van der Waals surface area (Å²) in [5.74, 6) is -1.32. The third-order valence-electron chi connectivity index (χ3n) is 2.91. The Kier molecular flexibility index (Phi) is 3.91. The van der Waals surface area contributed by atoms with E-state index in [1.165, 1.54) is 18.2 Å². The van der Waals surface area contributed by atoms with Crippen molar-refractivity contribution < 1.29 is 20.1 Å². The zero-order chi connectivity index (χ0) is 14.7. The molecule has 0 saturated heterocycles. The van der Waals surface area contributed by atoms with Crippen molar-refractivity contribution >= 4 is 11.6 Å². The first-order chi connectivity index (χ1) is 9.49. The number of nitrogens with one attached hydrogen (secondary N) is 1. The maximum absolute atomic E-state index is 12.0. The Bertz CT molecular complexity index is 620. The van der Waals surface area contributed by atoms with E-state index in [0.717, 1.165) is 5.56 Å². The standard InChI is InChI=1S/C15H15NO4/c1-9(17)10-5-7-11(8-6-10)16-15(20)12-3-2-4-13(18)14(12)19/h2-9,17-19H,1H3,(H,16,20). The van der Waals surface area contributed by atoms with Crippen molar-refractivity contribution in [2.24, 2.45) is 0 Å². The topological polar surface area (TPSA) is 89.8 Å². The van der Waals surface area contributed by atoms with Gasteiger partial charge in [0.2, 0.25) is 0 Å². The van der Waals surface area contributed by atoms with E-state index in [4.69, 9.17) is 0 Å². The Morgan fingerprint density at radius 2 is 1.75 bits per heavy atom. The molecule has 2 rings (SSSR count). The molecule has 20 heavy (non-hydrogen) atoms. The summed E-state index contributed by atoms with van der Waals surface area (Å²) in [6.45, 7) is 1.65. The molecule has 1 atom stereocenters. The summed E-state index contributed by atoms with van der Waals surface area (Å²) in [5, 5.41) is 31.0. The molecule has 0 bridgehead atoms. The fourth-order valence-electron chi connectivity index (χ4n) is 1.76. The van der Waals surface area contributed by atoms with Crippen LogP contribution in [0.15, 0.2) is 42.5 Å². The SMILES string of the molecule is CC(O)c1ccc(NC(=O)c2cccc(O)c2O)cc1. The third kappa shape index (κ3) is 2.89. The molecule has 0 aliphatic carbocycles. The number of rotatable bonds is 3. The summed E-state index contributed by atoms with van der Waals surface area (Å²) in [4.78, 5) is 12.0. The van der Waals surface area contributed by atoms with Crippen molar-refractivity contribution in [1.82, 2.24) is 0 Å². The highest BCUT2D eigenvalue weighted by Gasteiger charge is 2.14. The van der Waals surface area contributed by atoms with E-state index in [-0.39, 0.29) is 11.3 Å². The lowest BCUT2D eigenvalue weighted by Gasteiger charge is -2.09. The number of amides is 1. The van der Waals surface area contributed by atoms with E-state index in [0.29, 0.717) is 5.69 Å². The molecule has 1 amide bonds. The first-order valence-corrected chi connectivity index (χ1v) is 6.09. The van der Waals surface area contributed by atoms with E-state index in [1.54, 1.807) is 31.2 Å². The summed E-state index contributed by atoms with van der Waals surface area (Å²) >= 11 is 0. The summed E-state index contributed by atoms with van der Waals surface area (Å²) in [6.07, 6.45) is -0.574. The Hall–Kier alpha value is -2.53. The Morgan fingerprint density at radius 3 is 2.35 bits per heavy atom. The van der Waals surface area contributed by atoms with Crippen LogP contribution in [-0.4, -0.2) is 21.2 Å². The Labute approximate surface area is 116 Å². The van der Waals surface area contributed by atoms with Gasteiger partial charge in [0.25, 0.3) is 5.91 Å². The van der Waals surface area contributed by atoms with E-state index in [1.807, 2.05) is 0 Å². The van der Waals surface area contributed by atoms with Crippen LogP contribution in [0.4, 0.5) is 5.69 Å². The molecule has 5 nitrogen and oxygen atoms in total. The second-order valence-corrected chi connectivity index (χ2v) is 4.43. The van der Waals surface area contributed by atoms with Gasteiger partial charge in [-0.3, -0.25) is 4.79 Å². The first-order valence-electron chi connectivity index (χ1n) is 6.09. The largest absolute Gasteiger partial charge is 0.504 e. The van der Waals surface area contributed by atoms with Gasteiger partial charge in [0.05, 0.1) is 11.7 Å². The van der Waals surface area contributed by atoms with Crippen LogP contribution in [0.25, 0.3) is 0 Å². The average Bonchev–Trinajstić information content (AvgIpc) is 2.42. The van der Waals surface area contributed by atoms with Gasteiger partial charge in [0.15, 0.2) is 11.5 Å². The molecule has 2 aromatic carbocycles. The number of hydrogen-bond donors (Lipinski definition) is 4. The quantitative estimate of drug-likeness (QED) is 0.646. The molecule has 0 fully saturated rings. The molecule has 0 aliphatic rings. The lowest BCUT2D eigenvalue weighted by molar-refractivity contribution is 0.102. The minimum atomic E-state index is -0.574. The monoisotopic (exact) mass is 273 g/mol. The normalized spacial score (nSPS) is 11.9. The molecular weight excluding hydrogens is 258 g/mol. The van der Waals surface area contributed by atoms with Gasteiger partial charge >= 0.3 is 0 Å².